The molecular formula is C23H24F6O2. The summed E-state index contributed by atoms with van der Waals surface area (Å²) in [6.45, 7) is 7.30. The second-order valence-corrected chi connectivity index (χ2v) is 7.48. The molecule has 8 heteroatoms. The molecule has 170 valence electrons. The predicted octanol–water partition coefficient (Wildman–Crippen LogP) is 7.32. The number of esters is 1. The number of ether oxygens (including phenoxy) is 1. The molecule has 0 atom stereocenters. The van der Waals surface area contributed by atoms with E-state index in [1.165, 1.54) is 19.9 Å². The third-order valence-electron chi connectivity index (χ3n) is 5.02. The molecule has 0 spiro atoms. The van der Waals surface area contributed by atoms with Gasteiger partial charge in [0.05, 0.1) is 13.0 Å². The van der Waals surface area contributed by atoms with Crippen LogP contribution in [0.3, 0.4) is 0 Å². The lowest BCUT2D eigenvalue weighted by atomic mass is 9.89. The molecule has 0 unspecified atom stereocenters. The van der Waals surface area contributed by atoms with Crippen molar-refractivity contribution < 1.29 is 35.9 Å². The van der Waals surface area contributed by atoms with Crippen molar-refractivity contribution in [1.82, 2.24) is 0 Å². The van der Waals surface area contributed by atoms with E-state index in [-0.39, 0.29) is 23.7 Å². The number of carbonyl (C=O) groups excluding carboxylic acids is 1. The summed E-state index contributed by atoms with van der Waals surface area (Å²) in [4.78, 5) is 11.4. The van der Waals surface area contributed by atoms with Crippen LogP contribution in [-0.4, -0.2) is 18.8 Å². The normalized spacial score (nSPS) is 15.6. The van der Waals surface area contributed by atoms with E-state index in [2.05, 4.69) is 11.3 Å². The van der Waals surface area contributed by atoms with Crippen molar-refractivity contribution in [3.05, 3.63) is 64.0 Å². The van der Waals surface area contributed by atoms with E-state index in [0.717, 1.165) is 12.8 Å². The van der Waals surface area contributed by atoms with Gasteiger partial charge in [0.25, 0.3) is 0 Å². The highest BCUT2D eigenvalue weighted by atomic mass is 19.4. The standard InChI is InChI=1S/C23H24F6O2/c1-5-31-19(30)9-8-18(24)22(26)17(11-13(3)23(27,28)29)20-12(2)10-16(15-6-7-15)21(25)14(20)4/h10-11,15H,3,5-9H2,1-2,4H3/b17-11-,22-18+. The molecule has 0 amide bonds. The maximum absolute atomic E-state index is 15.0. The summed E-state index contributed by atoms with van der Waals surface area (Å²) >= 11 is 0. The number of allylic oxidation sites excluding steroid dienone is 5. The Morgan fingerprint density at radius 3 is 2.35 bits per heavy atom. The van der Waals surface area contributed by atoms with Crippen LogP contribution in [0.2, 0.25) is 0 Å². The quantitative estimate of drug-likeness (QED) is 0.238. The van der Waals surface area contributed by atoms with Gasteiger partial charge in [-0.1, -0.05) is 12.6 Å². The number of hydrogen-bond acceptors (Lipinski definition) is 2. The molecular weight excluding hydrogens is 422 g/mol. The first-order valence-corrected chi connectivity index (χ1v) is 9.86. The lowest BCUT2D eigenvalue weighted by Crippen LogP contribution is -2.10. The number of hydrogen-bond donors (Lipinski definition) is 0. The van der Waals surface area contributed by atoms with Gasteiger partial charge < -0.3 is 4.74 Å². The van der Waals surface area contributed by atoms with Crippen molar-refractivity contribution in [3.8, 4) is 0 Å². The lowest BCUT2D eigenvalue weighted by molar-refractivity contribution is -0.143. The molecule has 2 nitrogen and oxygen atoms in total. The van der Waals surface area contributed by atoms with Crippen molar-refractivity contribution >= 4 is 11.5 Å². The third kappa shape index (κ3) is 6.02. The molecule has 31 heavy (non-hydrogen) atoms. The average molecular weight is 446 g/mol. The largest absolute Gasteiger partial charge is 0.466 e. The Balaban J connectivity index is 2.58. The molecule has 1 fully saturated rings. The van der Waals surface area contributed by atoms with Gasteiger partial charge in [-0.25, -0.2) is 13.2 Å². The Bertz CT molecular complexity index is 936. The number of benzene rings is 1. The summed E-state index contributed by atoms with van der Waals surface area (Å²) in [7, 11) is 0. The van der Waals surface area contributed by atoms with E-state index in [9.17, 15) is 26.7 Å². The van der Waals surface area contributed by atoms with Gasteiger partial charge in [-0.05, 0) is 67.9 Å². The highest BCUT2D eigenvalue weighted by Crippen LogP contribution is 2.45. The van der Waals surface area contributed by atoms with Gasteiger partial charge in [0.1, 0.15) is 11.6 Å². The van der Waals surface area contributed by atoms with Crippen molar-refractivity contribution in [2.75, 3.05) is 6.61 Å². The Morgan fingerprint density at radius 1 is 1.23 bits per heavy atom. The lowest BCUT2D eigenvalue weighted by Gasteiger charge is -2.18. The average Bonchev–Trinajstić information content (AvgIpc) is 3.52. The van der Waals surface area contributed by atoms with E-state index >= 15 is 4.39 Å². The van der Waals surface area contributed by atoms with Gasteiger partial charge in [-0.15, -0.1) is 0 Å². The summed E-state index contributed by atoms with van der Waals surface area (Å²) in [5.41, 5.74) is -1.69. The van der Waals surface area contributed by atoms with Gasteiger partial charge in [-0.2, -0.15) is 13.2 Å². The molecule has 0 saturated heterocycles. The Morgan fingerprint density at radius 2 is 1.84 bits per heavy atom. The fraction of sp³-hybridized carbons (Fsp3) is 0.435. The van der Waals surface area contributed by atoms with E-state index in [0.29, 0.717) is 17.2 Å². The van der Waals surface area contributed by atoms with Gasteiger partial charge in [0, 0.05) is 17.6 Å². The molecule has 1 saturated carbocycles. The first-order chi connectivity index (χ1) is 14.4. The fourth-order valence-electron chi connectivity index (χ4n) is 3.30. The number of halogens is 6. The fourth-order valence-corrected chi connectivity index (χ4v) is 3.30. The van der Waals surface area contributed by atoms with Crippen LogP contribution in [0, 0.1) is 19.7 Å². The van der Waals surface area contributed by atoms with Crippen molar-refractivity contribution in [1.29, 1.82) is 0 Å². The molecule has 0 N–H and O–H groups in total. The molecule has 0 aromatic heterocycles. The third-order valence-corrected chi connectivity index (χ3v) is 5.02. The van der Waals surface area contributed by atoms with Gasteiger partial charge in [0.2, 0.25) is 0 Å². The maximum atomic E-state index is 15.0. The van der Waals surface area contributed by atoms with Crippen LogP contribution in [0.5, 0.6) is 0 Å². The van der Waals surface area contributed by atoms with Crippen LogP contribution in [0.15, 0.2) is 35.9 Å². The molecule has 0 heterocycles. The summed E-state index contributed by atoms with van der Waals surface area (Å²) in [6, 6.07) is 1.46. The van der Waals surface area contributed by atoms with Crippen LogP contribution in [0.1, 0.15) is 60.8 Å². The van der Waals surface area contributed by atoms with Gasteiger partial charge >= 0.3 is 12.1 Å². The van der Waals surface area contributed by atoms with Crippen LogP contribution in [-0.2, 0) is 9.53 Å². The minimum atomic E-state index is -4.89. The second-order valence-electron chi connectivity index (χ2n) is 7.48. The molecule has 0 aliphatic heterocycles. The Kier molecular flexibility index (Phi) is 7.78. The zero-order valence-electron chi connectivity index (χ0n) is 17.6. The molecule has 1 aliphatic rings. The smallest absolute Gasteiger partial charge is 0.415 e. The molecule has 1 aromatic carbocycles. The highest BCUT2D eigenvalue weighted by Gasteiger charge is 2.33. The van der Waals surface area contributed by atoms with E-state index in [4.69, 9.17) is 0 Å². The highest BCUT2D eigenvalue weighted by molar-refractivity contribution is 5.83. The first-order valence-electron chi connectivity index (χ1n) is 9.86. The Hall–Kier alpha value is -2.51. The zero-order valence-corrected chi connectivity index (χ0v) is 17.6. The van der Waals surface area contributed by atoms with Crippen molar-refractivity contribution in [2.24, 2.45) is 0 Å². The summed E-state index contributed by atoms with van der Waals surface area (Å²) < 4.78 is 88.3. The monoisotopic (exact) mass is 446 g/mol. The predicted molar refractivity (Wildman–Crippen MR) is 106 cm³/mol. The van der Waals surface area contributed by atoms with E-state index in [1.54, 1.807) is 6.92 Å². The van der Waals surface area contributed by atoms with Crippen molar-refractivity contribution in [2.45, 2.75) is 58.5 Å². The molecule has 0 bridgehead atoms. The SMILES string of the molecule is C=C(/C=C(\C(F)=C(/F)CCC(=O)OCC)c1c(C)cc(C2CC2)c(F)c1C)C(F)(F)F. The maximum Gasteiger partial charge on any atom is 0.415 e. The number of rotatable bonds is 8. The van der Waals surface area contributed by atoms with Crippen LogP contribution < -0.4 is 0 Å². The minimum absolute atomic E-state index is 0.0192. The topological polar surface area (TPSA) is 26.3 Å². The van der Waals surface area contributed by atoms with Crippen LogP contribution in [0.25, 0.3) is 5.57 Å². The molecule has 1 aromatic rings. The molecule has 1 aliphatic carbocycles. The van der Waals surface area contributed by atoms with Crippen LogP contribution >= 0.6 is 0 Å². The number of alkyl halides is 3. The van der Waals surface area contributed by atoms with Crippen molar-refractivity contribution in [3.63, 3.8) is 0 Å². The number of aryl methyl sites for hydroxylation is 1. The molecule has 0 radical (unpaired) electrons. The summed E-state index contributed by atoms with van der Waals surface area (Å²) in [5, 5.41) is 0. The van der Waals surface area contributed by atoms with Gasteiger partial charge in [-0.3, -0.25) is 4.79 Å². The minimum Gasteiger partial charge on any atom is -0.466 e. The first kappa shape index (κ1) is 24.8. The number of carbonyl (C=O) groups is 1. The summed E-state index contributed by atoms with van der Waals surface area (Å²) in [5.74, 6) is -4.43. The second kappa shape index (κ2) is 9.75. The van der Waals surface area contributed by atoms with E-state index in [1.807, 2.05) is 0 Å². The van der Waals surface area contributed by atoms with E-state index < -0.39 is 53.6 Å². The van der Waals surface area contributed by atoms with Gasteiger partial charge in [0.15, 0.2) is 5.83 Å². The van der Waals surface area contributed by atoms with Crippen LogP contribution in [0.4, 0.5) is 26.3 Å². The Labute approximate surface area is 177 Å². The molecule has 2 rings (SSSR count). The summed E-state index contributed by atoms with van der Waals surface area (Å²) in [6.07, 6.45) is -4.14. The zero-order chi connectivity index (χ0) is 23.5.